The smallest absolute Gasteiger partial charge is 0.276 e. The quantitative estimate of drug-likeness (QED) is 0.373. The molecule has 1 aliphatic heterocycles. The van der Waals surface area contributed by atoms with Gasteiger partial charge in [-0.15, -0.1) is 0 Å². The maximum absolute atomic E-state index is 11.6. The Balaban J connectivity index is 1.68. The van der Waals surface area contributed by atoms with E-state index in [-0.39, 0.29) is 18.2 Å². The highest BCUT2D eigenvalue weighted by molar-refractivity contribution is 8.26. The summed E-state index contributed by atoms with van der Waals surface area (Å²) in [6.45, 7) is 0.101. The Labute approximate surface area is 153 Å². The number of nitro benzene ring substituents is 1. The SMILES string of the molecule is O=C1NC(=S)S/C1=C\c1ccc(OCc2ccccc2[N+](=O)[O-])cc1. The average Bonchev–Trinajstić information content (AvgIpc) is 2.91. The van der Waals surface area contributed by atoms with E-state index in [9.17, 15) is 14.9 Å². The maximum atomic E-state index is 11.6. The number of benzene rings is 2. The molecule has 0 spiro atoms. The summed E-state index contributed by atoms with van der Waals surface area (Å²) in [7, 11) is 0. The summed E-state index contributed by atoms with van der Waals surface area (Å²) >= 11 is 6.16. The third kappa shape index (κ3) is 4.23. The van der Waals surface area contributed by atoms with Gasteiger partial charge in [0.1, 0.15) is 16.7 Å². The van der Waals surface area contributed by atoms with Gasteiger partial charge in [-0.25, -0.2) is 0 Å². The second kappa shape index (κ2) is 7.45. The number of hydrogen-bond donors (Lipinski definition) is 1. The minimum absolute atomic E-state index is 0.0316. The Kier molecular flexibility index (Phi) is 5.11. The molecule has 0 aromatic heterocycles. The van der Waals surface area contributed by atoms with Gasteiger partial charge in [-0.1, -0.05) is 48.2 Å². The molecule has 1 amide bonds. The number of para-hydroxylation sites is 1. The van der Waals surface area contributed by atoms with Gasteiger partial charge < -0.3 is 10.1 Å². The highest BCUT2D eigenvalue weighted by atomic mass is 32.2. The van der Waals surface area contributed by atoms with E-state index in [0.29, 0.717) is 20.5 Å². The second-order valence-electron chi connectivity index (χ2n) is 5.10. The number of nitrogens with zero attached hydrogens (tertiary/aromatic N) is 1. The number of ether oxygens (including phenoxy) is 1. The van der Waals surface area contributed by atoms with Crippen molar-refractivity contribution >= 4 is 46.0 Å². The number of amides is 1. The first kappa shape index (κ1) is 17.1. The Hall–Kier alpha value is -2.71. The zero-order valence-corrected chi connectivity index (χ0v) is 14.4. The molecule has 0 radical (unpaired) electrons. The molecule has 126 valence electrons. The van der Waals surface area contributed by atoms with Crippen molar-refractivity contribution in [3.63, 3.8) is 0 Å². The van der Waals surface area contributed by atoms with Gasteiger partial charge in [0.2, 0.25) is 0 Å². The molecule has 1 heterocycles. The highest BCUT2D eigenvalue weighted by Gasteiger charge is 2.21. The van der Waals surface area contributed by atoms with E-state index >= 15 is 0 Å². The van der Waals surface area contributed by atoms with Crippen molar-refractivity contribution < 1.29 is 14.5 Å². The summed E-state index contributed by atoms with van der Waals surface area (Å²) in [5, 5.41) is 13.6. The lowest BCUT2D eigenvalue weighted by Gasteiger charge is -2.07. The molecule has 0 saturated carbocycles. The first-order valence-electron chi connectivity index (χ1n) is 7.23. The van der Waals surface area contributed by atoms with Crippen molar-refractivity contribution in [3.05, 3.63) is 74.7 Å². The van der Waals surface area contributed by atoms with Crippen LogP contribution in [0.2, 0.25) is 0 Å². The van der Waals surface area contributed by atoms with Crippen molar-refractivity contribution in [2.45, 2.75) is 6.61 Å². The van der Waals surface area contributed by atoms with Gasteiger partial charge in [0.05, 0.1) is 15.4 Å². The molecule has 6 nitrogen and oxygen atoms in total. The number of nitro groups is 1. The van der Waals surface area contributed by atoms with Crippen LogP contribution < -0.4 is 10.1 Å². The fourth-order valence-corrected chi connectivity index (χ4v) is 3.25. The van der Waals surface area contributed by atoms with Gasteiger partial charge in [0.15, 0.2) is 0 Å². The van der Waals surface area contributed by atoms with Crippen molar-refractivity contribution in [2.75, 3.05) is 0 Å². The fraction of sp³-hybridized carbons (Fsp3) is 0.0588. The molecule has 1 saturated heterocycles. The molecule has 8 heteroatoms. The molecule has 0 unspecified atom stereocenters. The van der Waals surface area contributed by atoms with Crippen molar-refractivity contribution in [1.29, 1.82) is 0 Å². The number of carbonyl (C=O) groups excluding carboxylic acids is 1. The van der Waals surface area contributed by atoms with Crippen LogP contribution in [0.4, 0.5) is 5.69 Å². The molecule has 0 aliphatic carbocycles. The van der Waals surface area contributed by atoms with Crippen LogP contribution in [0.5, 0.6) is 5.75 Å². The summed E-state index contributed by atoms with van der Waals surface area (Å²) in [5.41, 5.74) is 1.37. The lowest BCUT2D eigenvalue weighted by Crippen LogP contribution is -2.17. The van der Waals surface area contributed by atoms with Crippen molar-refractivity contribution in [2.24, 2.45) is 0 Å². The van der Waals surface area contributed by atoms with Crippen molar-refractivity contribution in [3.8, 4) is 5.75 Å². The fourth-order valence-electron chi connectivity index (χ4n) is 2.20. The number of nitrogens with one attached hydrogen (secondary N) is 1. The first-order valence-corrected chi connectivity index (χ1v) is 8.45. The van der Waals surface area contributed by atoms with Gasteiger partial charge in [0.25, 0.3) is 11.6 Å². The molecule has 0 bridgehead atoms. The summed E-state index contributed by atoms with van der Waals surface area (Å²) < 4.78 is 6.06. The van der Waals surface area contributed by atoms with Crippen molar-refractivity contribution in [1.82, 2.24) is 5.32 Å². The van der Waals surface area contributed by atoms with Gasteiger partial charge in [0, 0.05) is 6.07 Å². The number of thiocarbonyl (C=S) groups is 1. The topological polar surface area (TPSA) is 81.5 Å². The molecule has 2 aromatic rings. The summed E-state index contributed by atoms with van der Waals surface area (Å²) in [6, 6.07) is 13.6. The molecule has 1 fully saturated rings. The molecule has 1 aliphatic rings. The predicted molar refractivity (Wildman–Crippen MR) is 100 cm³/mol. The Morgan fingerprint density at radius 1 is 1.20 bits per heavy atom. The Bertz CT molecular complexity index is 878. The third-order valence-corrected chi connectivity index (χ3v) is 4.57. The van der Waals surface area contributed by atoms with Gasteiger partial charge in [-0.2, -0.15) is 0 Å². The molecule has 1 N–H and O–H groups in total. The van der Waals surface area contributed by atoms with Crippen LogP contribution in [-0.2, 0) is 11.4 Å². The van der Waals surface area contributed by atoms with E-state index in [1.54, 1.807) is 48.5 Å². The van der Waals surface area contributed by atoms with E-state index in [4.69, 9.17) is 17.0 Å². The van der Waals surface area contributed by atoms with Crippen LogP contribution in [0, 0.1) is 10.1 Å². The summed E-state index contributed by atoms with van der Waals surface area (Å²) in [4.78, 5) is 22.7. The largest absolute Gasteiger partial charge is 0.489 e. The zero-order chi connectivity index (χ0) is 17.8. The van der Waals surface area contributed by atoms with Crippen LogP contribution in [0.15, 0.2) is 53.4 Å². The molecular weight excluding hydrogens is 360 g/mol. The number of rotatable bonds is 5. The van der Waals surface area contributed by atoms with Crippen LogP contribution in [0.25, 0.3) is 6.08 Å². The van der Waals surface area contributed by atoms with E-state index in [1.165, 1.54) is 17.8 Å². The van der Waals surface area contributed by atoms with E-state index in [1.807, 2.05) is 0 Å². The van der Waals surface area contributed by atoms with Gasteiger partial charge >= 0.3 is 0 Å². The van der Waals surface area contributed by atoms with E-state index in [2.05, 4.69) is 5.32 Å². The van der Waals surface area contributed by atoms with Crippen LogP contribution >= 0.6 is 24.0 Å². The molecule has 25 heavy (non-hydrogen) atoms. The third-order valence-electron chi connectivity index (χ3n) is 3.40. The van der Waals surface area contributed by atoms with E-state index < -0.39 is 4.92 Å². The second-order valence-corrected chi connectivity index (χ2v) is 6.81. The van der Waals surface area contributed by atoms with Crippen LogP contribution in [0.3, 0.4) is 0 Å². The Morgan fingerprint density at radius 2 is 1.92 bits per heavy atom. The molecule has 0 atom stereocenters. The summed E-state index contributed by atoms with van der Waals surface area (Å²) in [5.74, 6) is 0.381. The lowest BCUT2D eigenvalue weighted by atomic mass is 10.2. The van der Waals surface area contributed by atoms with Crippen LogP contribution in [-0.4, -0.2) is 15.2 Å². The number of hydrogen-bond acceptors (Lipinski definition) is 6. The monoisotopic (exact) mass is 372 g/mol. The predicted octanol–water partition coefficient (Wildman–Crippen LogP) is 3.66. The van der Waals surface area contributed by atoms with Gasteiger partial charge in [-0.3, -0.25) is 14.9 Å². The minimum Gasteiger partial charge on any atom is -0.489 e. The first-order chi connectivity index (χ1) is 12.0. The minimum atomic E-state index is -0.428. The Morgan fingerprint density at radius 3 is 2.56 bits per heavy atom. The van der Waals surface area contributed by atoms with E-state index in [0.717, 1.165) is 5.56 Å². The maximum Gasteiger partial charge on any atom is 0.276 e. The molecular formula is C17H12N2O4S2. The lowest BCUT2D eigenvalue weighted by molar-refractivity contribution is -0.385. The highest BCUT2D eigenvalue weighted by Crippen LogP contribution is 2.26. The normalized spacial score (nSPS) is 15.3. The molecule has 3 rings (SSSR count). The average molecular weight is 372 g/mol. The molecule has 2 aromatic carbocycles. The summed E-state index contributed by atoms with van der Waals surface area (Å²) in [6.07, 6.45) is 1.74. The standard InChI is InChI=1S/C17H12N2O4S2/c20-16-15(25-17(24)18-16)9-11-5-7-13(8-6-11)23-10-12-3-1-2-4-14(12)19(21)22/h1-9H,10H2,(H,18,20,24)/b15-9-. The van der Waals surface area contributed by atoms with Crippen LogP contribution in [0.1, 0.15) is 11.1 Å². The van der Waals surface area contributed by atoms with Gasteiger partial charge in [-0.05, 0) is 29.8 Å². The number of thioether (sulfide) groups is 1. The number of carbonyl (C=O) groups is 1. The zero-order valence-electron chi connectivity index (χ0n) is 12.8.